The van der Waals surface area contributed by atoms with Crippen LogP contribution in [0.15, 0.2) is 23.1 Å². The van der Waals surface area contributed by atoms with E-state index < -0.39 is 0 Å². The van der Waals surface area contributed by atoms with Gasteiger partial charge in [-0.05, 0) is 43.5 Å². The molecule has 8 heteroatoms. The molecule has 1 amide bonds. The van der Waals surface area contributed by atoms with Crippen LogP contribution in [0.5, 0.6) is 11.5 Å². The third-order valence-electron chi connectivity index (χ3n) is 3.95. The standard InChI is InChI=1S/C19H23NO5S2/c1-3-25-15-11-13(8-9-14(15)21)12-16-18(23)20(19(26)27-16)10-6-4-5-7-17(22)24-2/h8-9,11-12,21H,3-7,10H2,1-2H3/b16-12+. The summed E-state index contributed by atoms with van der Waals surface area (Å²) in [6.45, 7) is 2.81. The summed E-state index contributed by atoms with van der Waals surface area (Å²) >= 11 is 6.59. The number of carbonyl (C=O) groups is 2. The van der Waals surface area contributed by atoms with Gasteiger partial charge in [-0.25, -0.2) is 0 Å². The van der Waals surface area contributed by atoms with E-state index in [1.165, 1.54) is 18.9 Å². The third-order valence-corrected chi connectivity index (χ3v) is 5.32. The van der Waals surface area contributed by atoms with Crippen LogP contribution in [0, 0.1) is 0 Å². The predicted molar refractivity (Wildman–Crippen MR) is 110 cm³/mol. The summed E-state index contributed by atoms with van der Waals surface area (Å²) in [5, 5.41) is 9.78. The Bertz CT molecular complexity index is 748. The van der Waals surface area contributed by atoms with Crippen molar-refractivity contribution in [2.45, 2.75) is 32.6 Å². The first kappa shape index (κ1) is 21.2. The van der Waals surface area contributed by atoms with Crippen molar-refractivity contribution in [2.75, 3.05) is 20.3 Å². The molecule has 0 saturated carbocycles. The van der Waals surface area contributed by atoms with Gasteiger partial charge in [0.25, 0.3) is 5.91 Å². The van der Waals surface area contributed by atoms with Crippen LogP contribution in [-0.2, 0) is 14.3 Å². The number of thiocarbonyl (C=S) groups is 1. The van der Waals surface area contributed by atoms with E-state index in [0.717, 1.165) is 24.8 Å². The average molecular weight is 410 g/mol. The molecule has 0 aliphatic carbocycles. The monoisotopic (exact) mass is 409 g/mol. The van der Waals surface area contributed by atoms with Gasteiger partial charge in [0.05, 0.1) is 18.6 Å². The van der Waals surface area contributed by atoms with Crippen molar-refractivity contribution in [1.29, 1.82) is 0 Å². The maximum atomic E-state index is 12.6. The number of methoxy groups -OCH3 is 1. The summed E-state index contributed by atoms with van der Waals surface area (Å²) in [6.07, 6.45) is 4.45. The Hall–Kier alpha value is -2.06. The molecule has 1 aliphatic heterocycles. The van der Waals surface area contributed by atoms with Crippen molar-refractivity contribution in [3.63, 3.8) is 0 Å². The fraction of sp³-hybridized carbons (Fsp3) is 0.421. The maximum absolute atomic E-state index is 12.6. The predicted octanol–water partition coefficient (Wildman–Crippen LogP) is 3.73. The molecule has 1 aromatic rings. The summed E-state index contributed by atoms with van der Waals surface area (Å²) in [5.41, 5.74) is 0.759. The first-order valence-electron chi connectivity index (χ1n) is 8.74. The summed E-state index contributed by atoms with van der Waals surface area (Å²) in [6, 6.07) is 4.95. The molecule has 1 aromatic carbocycles. The highest BCUT2D eigenvalue weighted by atomic mass is 32.2. The summed E-state index contributed by atoms with van der Waals surface area (Å²) in [4.78, 5) is 25.8. The number of ether oxygens (including phenoxy) is 2. The van der Waals surface area contributed by atoms with Gasteiger partial charge in [-0.2, -0.15) is 0 Å². The number of aromatic hydroxyl groups is 1. The molecule has 1 heterocycles. The number of esters is 1. The lowest BCUT2D eigenvalue weighted by molar-refractivity contribution is -0.140. The largest absolute Gasteiger partial charge is 0.504 e. The number of phenolic OH excluding ortho intramolecular Hbond substituents is 1. The average Bonchev–Trinajstić information content (AvgIpc) is 2.91. The molecular formula is C19H23NO5S2. The maximum Gasteiger partial charge on any atom is 0.305 e. The molecule has 1 fully saturated rings. The Morgan fingerprint density at radius 1 is 1.33 bits per heavy atom. The van der Waals surface area contributed by atoms with Gasteiger partial charge >= 0.3 is 5.97 Å². The zero-order chi connectivity index (χ0) is 19.8. The highest BCUT2D eigenvalue weighted by Crippen LogP contribution is 2.34. The second-order valence-corrected chi connectivity index (χ2v) is 7.56. The van der Waals surface area contributed by atoms with E-state index in [4.69, 9.17) is 17.0 Å². The van der Waals surface area contributed by atoms with Gasteiger partial charge in [-0.3, -0.25) is 14.5 Å². The van der Waals surface area contributed by atoms with Gasteiger partial charge in [0.15, 0.2) is 11.5 Å². The van der Waals surface area contributed by atoms with Gasteiger partial charge in [0.1, 0.15) is 4.32 Å². The van der Waals surface area contributed by atoms with Gasteiger partial charge < -0.3 is 14.6 Å². The number of rotatable bonds is 9. The topological polar surface area (TPSA) is 76.1 Å². The first-order chi connectivity index (χ1) is 13.0. The number of phenols is 1. The van der Waals surface area contributed by atoms with Gasteiger partial charge in [-0.1, -0.05) is 36.5 Å². The number of amides is 1. The summed E-state index contributed by atoms with van der Waals surface area (Å²) < 4.78 is 10.5. The zero-order valence-electron chi connectivity index (χ0n) is 15.4. The Labute approximate surface area is 168 Å². The smallest absolute Gasteiger partial charge is 0.305 e. The third kappa shape index (κ3) is 5.97. The van der Waals surface area contributed by atoms with Crippen LogP contribution in [-0.4, -0.2) is 46.5 Å². The number of nitrogens with zero attached hydrogens (tertiary/aromatic N) is 1. The SMILES string of the molecule is CCOc1cc(/C=C2/SC(=S)N(CCCCCC(=O)OC)C2=O)ccc1O. The van der Waals surface area contributed by atoms with Crippen LogP contribution in [0.3, 0.4) is 0 Å². The van der Waals surface area contributed by atoms with Crippen LogP contribution >= 0.6 is 24.0 Å². The van der Waals surface area contributed by atoms with Crippen LogP contribution < -0.4 is 4.74 Å². The number of unbranched alkanes of at least 4 members (excludes halogenated alkanes) is 2. The van der Waals surface area contributed by atoms with Crippen molar-refractivity contribution < 1.29 is 24.2 Å². The van der Waals surface area contributed by atoms with E-state index >= 15 is 0 Å². The highest BCUT2D eigenvalue weighted by Gasteiger charge is 2.31. The molecule has 27 heavy (non-hydrogen) atoms. The van der Waals surface area contributed by atoms with Crippen molar-refractivity contribution in [2.24, 2.45) is 0 Å². The van der Waals surface area contributed by atoms with E-state index in [-0.39, 0.29) is 17.6 Å². The molecule has 6 nitrogen and oxygen atoms in total. The second-order valence-electron chi connectivity index (χ2n) is 5.88. The van der Waals surface area contributed by atoms with E-state index in [9.17, 15) is 14.7 Å². The quantitative estimate of drug-likeness (QED) is 0.288. The minimum atomic E-state index is -0.219. The molecule has 0 atom stereocenters. The van der Waals surface area contributed by atoms with E-state index in [1.54, 1.807) is 29.2 Å². The number of carbonyl (C=O) groups excluding carboxylic acids is 2. The number of thioether (sulfide) groups is 1. The van der Waals surface area contributed by atoms with Crippen LogP contribution in [0.25, 0.3) is 6.08 Å². The number of hydrogen-bond acceptors (Lipinski definition) is 7. The molecular weight excluding hydrogens is 386 g/mol. The first-order valence-corrected chi connectivity index (χ1v) is 9.96. The fourth-order valence-corrected chi connectivity index (χ4v) is 3.86. The van der Waals surface area contributed by atoms with E-state index in [0.29, 0.717) is 34.5 Å². The van der Waals surface area contributed by atoms with Crippen LogP contribution in [0.4, 0.5) is 0 Å². The zero-order valence-corrected chi connectivity index (χ0v) is 17.0. The summed E-state index contributed by atoms with van der Waals surface area (Å²) in [7, 11) is 1.38. The van der Waals surface area contributed by atoms with Crippen LogP contribution in [0.2, 0.25) is 0 Å². The molecule has 0 bridgehead atoms. The summed E-state index contributed by atoms with van der Waals surface area (Å²) in [5.74, 6) is 0.105. The lowest BCUT2D eigenvalue weighted by Crippen LogP contribution is -2.29. The second kappa shape index (κ2) is 10.3. The molecule has 1 saturated heterocycles. The number of benzene rings is 1. The Kier molecular flexibility index (Phi) is 8.12. The molecule has 0 spiro atoms. The molecule has 1 N–H and O–H groups in total. The fourth-order valence-electron chi connectivity index (χ4n) is 2.55. The Morgan fingerprint density at radius 3 is 2.81 bits per heavy atom. The lowest BCUT2D eigenvalue weighted by Gasteiger charge is -2.13. The molecule has 1 aliphatic rings. The van der Waals surface area contributed by atoms with Crippen molar-refractivity contribution >= 4 is 46.3 Å². The van der Waals surface area contributed by atoms with Crippen molar-refractivity contribution in [1.82, 2.24) is 4.90 Å². The van der Waals surface area contributed by atoms with Gasteiger partial charge in [0.2, 0.25) is 0 Å². The van der Waals surface area contributed by atoms with Crippen molar-refractivity contribution in [3.05, 3.63) is 28.7 Å². The van der Waals surface area contributed by atoms with E-state index in [2.05, 4.69) is 4.74 Å². The lowest BCUT2D eigenvalue weighted by atomic mass is 10.1. The van der Waals surface area contributed by atoms with Gasteiger partial charge in [-0.15, -0.1) is 0 Å². The highest BCUT2D eigenvalue weighted by molar-refractivity contribution is 8.26. The molecule has 146 valence electrons. The Balaban J connectivity index is 1.95. The molecule has 0 radical (unpaired) electrons. The Morgan fingerprint density at radius 2 is 2.11 bits per heavy atom. The normalized spacial score (nSPS) is 15.5. The minimum absolute atomic E-state index is 0.0634. The van der Waals surface area contributed by atoms with Gasteiger partial charge in [0, 0.05) is 13.0 Å². The molecule has 2 rings (SSSR count). The van der Waals surface area contributed by atoms with Crippen LogP contribution in [0.1, 0.15) is 38.2 Å². The van der Waals surface area contributed by atoms with E-state index in [1.807, 2.05) is 6.92 Å². The van der Waals surface area contributed by atoms with Crippen molar-refractivity contribution in [3.8, 4) is 11.5 Å². The minimum Gasteiger partial charge on any atom is -0.504 e. The molecule has 0 unspecified atom stereocenters. The molecule has 0 aromatic heterocycles. The number of hydrogen-bond donors (Lipinski definition) is 1.